The Bertz CT molecular complexity index is 506. The van der Waals surface area contributed by atoms with Gasteiger partial charge in [-0.2, -0.15) is 5.26 Å². The summed E-state index contributed by atoms with van der Waals surface area (Å²) in [4.78, 5) is 14.8. The molecule has 126 valence electrons. The number of benzene rings is 1. The first kappa shape index (κ1) is 19.2. The van der Waals surface area contributed by atoms with Crippen LogP contribution in [0.3, 0.4) is 0 Å². The van der Waals surface area contributed by atoms with Crippen molar-refractivity contribution in [1.82, 2.24) is 4.90 Å². The van der Waals surface area contributed by atoms with Crippen LogP contribution in [0, 0.1) is 11.3 Å². The number of hydrogen-bond acceptors (Lipinski definition) is 4. The summed E-state index contributed by atoms with van der Waals surface area (Å²) in [6, 6.07) is 11.5. The van der Waals surface area contributed by atoms with Crippen LogP contribution in [0.2, 0.25) is 0 Å². The van der Waals surface area contributed by atoms with Crippen LogP contribution >= 0.6 is 0 Å². The Morgan fingerprint density at radius 2 is 1.83 bits per heavy atom. The van der Waals surface area contributed by atoms with E-state index in [2.05, 4.69) is 24.8 Å². The fourth-order valence-electron chi connectivity index (χ4n) is 2.77. The predicted molar refractivity (Wildman–Crippen MR) is 92.0 cm³/mol. The van der Waals surface area contributed by atoms with Crippen molar-refractivity contribution in [3.8, 4) is 6.07 Å². The van der Waals surface area contributed by atoms with Crippen LogP contribution in [-0.4, -0.2) is 37.1 Å². The Labute approximate surface area is 140 Å². The Morgan fingerprint density at radius 3 is 2.35 bits per heavy atom. The van der Waals surface area contributed by atoms with E-state index in [9.17, 15) is 10.1 Å². The minimum atomic E-state index is -1.19. The van der Waals surface area contributed by atoms with Crippen LogP contribution in [0.4, 0.5) is 0 Å². The van der Waals surface area contributed by atoms with Crippen LogP contribution < -0.4 is 0 Å². The van der Waals surface area contributed by atoms with Gasteiger partial charge in [-0.25, -0.2) is 4.79 Å². The van der Waals surface area contributed by atoms with E-state index >= 15 is 0 Å². The molecule has 23 heavy (non-hydrogen) atoms. The molecule has 0 N–H and O–H groups in total. The van der Waals surface area contributed by atoms with Crippen LogP contribution in [-0.2, 0) is 14.9 Å². The molecule has 0 bridgehead atoms. The lowest BCUT2D eigenvalue weighted by atomic mass is 9.77. The lowest BCUT2D eigenvalue weighted by Gasteiger charge is -2.25. The van der Waals surface area contributed by atoms with Gasteiger partial charge in [0.1, 0.15) is 0 Å². The number of rotatable bonds is 10. The topological polar surface area (TPSA) is 53.3 Å². The minimum Gasteiger partial charge on any atom is -0.465 e. The first-order valence-electron chi connectivity index (χ1n) is 8.50. The van der Waals surface area contributed by atoms with Gasteiger partial charge in [0.15, 0.2) is 5.41 Å². The molecule has 0 fully saturated rings. The normalized spacial score (nSPS) is 13.3. The summed E-state index contributed by atoms with van der Waals surface area (Å²) in [5.74, 6) is -0.434. The summed E-state index contributed by atoms with van der Waals surface area (Å²) in [7, 11) is 0. The van der Waals surface area contributed by atoms with Gasteiger partial charge in [-0.15, -0.1) is 0 Å². The van der Waals surface area contributed by atoms with E-state index in [-0.39, 0.29) is 6.61 Å². The summed E-state index contributed by atoms with van der Waals surface area (Å²) in [6.07, 6.45) is 2.28. The average molecular weight is 316 g/mol. The number of unbranched alkanes of at least 4 members (excludes halogenated alkanes) is 1. The highest BCUT2D eigenvalue weighted by Gasteiger charge is 2.41. The largest absolute Gasteiger partial charge is 0.465 e. The van der Waals surface area contributed by atoms with E-state index in [0.717, 1.165) is 38.0 Å². The molecule has 1 aromatic rings. The molecule has 1 rings (SSSR count). The van der Waals surface area contributed by atoms with Gasteiger partial charge >= 0.3 is 5.97 Å². The van der Waals surface area contributed by atoms with Gasteiger partial charge in [0.2, 0.25) is 0 Å². The number of carbonyl (C=O) groups is 1. The smallest absolute Gasteiger partial charge is 0.331 e. The minimum absolute atomic E-state index is 0.286. The van der Waals surface area contributed by atoms with Crippen molar-refractivity contribution in [2.24, 2.45) is 0 Å². The first-order valence-corrected chi connectivity index (χ1v) is 8.50. The number of ether oxygens (including phenoxy) is 1. The Morgan fingerprint density at radius 1 is 1.17 bits per heavy atom. The molecule has 0 aliphatic rings. The molecule has 0 spiro atoms. The van der Waals surface area contributed by atoms with E-state index in [4.69, 9.17) is 4.74 Å². The van der Waals surface area contributed by atoms with Gasteiger partial charge in [0.25, 0.3) is 0 Å². The maximum absolute atomic E-state index is 12.5. The summed E-state index contributed by atoms with van der Waals surface area (Å²) < 4.78 is 5.20. The summed E-state index contributed by atoms with van der Waals surface area (Å²) in [5, 5.41) is 9.77. The molecule has 0 saturated heterocycles. The third-order valence-corrected chi connectivity index (χ3v) is 4.25. The van der Waals surface area contributed by atoms with Gasteiger partial charge in [-0.1, -0.05) is 44.2 Å². The molecule has 0 aliphatic carbocycles. The van der Waals surface area contributed by atoms with E-state index in [1.807, 2.05) is 30.3 Å². The molecule has 4 heteroatoms. The molecule has 4 nitrogen and oxygen atoms in total. The quantitative estimate of drug-likeness (QED) is 0.489. The first-order chi connectivity index (χ1) is 11.1. The van der Waals surface area contributed by atoms with Crippen molar-refractivity contribution < 1.29 is 9.53 Å². The van der Waals surface area contributed by atoms with Crippen molar-refractivity contribution in [2.45, 2.75) is 45.4 Å². The maximum Gasteiger partial charge on any atom is 0.331 e. The molecule has 0 saturated carbocycles. The fourth-order valence-corrected chi connectivity index (χ4v) is 2.77. The average Bonchev–Trinajstić information content (AvgIpc) is 2.59. The Kier molecular flexibility index (Phi) is 8.36. The molecule has 0 heterocycles. The van der Waals surface area contributed by atoms with Crippen LogP contribution in [0.15, 0.2) is 30.3 Å². The zero-order valence-corrected chi connectivity index (χ0v) is 14.5. The van der Waals surface area contributed by atoms with Crippen molar-refractivity contribution in [3.63, 3.8) is 0 Å². The highest BCUT2D eigenvalue weighted by atomic mass is 16.5. The Hall–Kier alpha value is -1.86. The van der Waals surface area contributed by atoms with Crippen LogP contribution in [0.25, 0.3) is 0 Å². The molecular weight excluding hydrogens is 288 g/mol. The zero-order valence-electron chi connectivity index (χ0n) is 14.5. The second-order valence-electron chi connectivity index (χ2n) is 5.59. The number of hydrogen-bond donors (Lipinski definition) is 0. The summed E-state index contributed by atoms with van der Waals surface area (Å²) >= 11 is 0. The van der Waals surface area contributed by atoms with Crippen molar-refractivity contribution in [1.29, 1.82) is 5.26 Å². The van der Waals surface area contributed by atoms with E-state index < -0.39 is 11.4 Å². The lowest BCUT2D eigenvalue weighted by molar-refractivity contribution is -0.148. The molecule has 1 aromatic carbocycles. The standard InChI is InChI=1S/C19H28N2O2/c1-4-21(5-2)15-11-10-14-19(16-20,18(22)23-6-3)17-12-8-7-9-13-17/h7-9,12-13H,4-6,10-11,14-15H2,1-3H3. The lowest BCUT2D eigenvalue weighted by Crippen LogP contribution is -2.36. The molecule has 1 unspecified atom stereocenters. The predicted octanol–water partition coefficient (Wildman–Crippen LogP) is 3.52. The van der Waals surface area contributed by atoms with Crippen molar-refractivity contribution in [3.05, 3.63) is 35.9 Å². The highest BCUT2D eigenvalue weighted by Crippen LogP contribution is 2.31. The summed E-state index contributed by atoms with van der Waals surface area (Å²) in [5.41, 5.74) is -0.468. The van der Waals surface area contributed by atoms with E-state index in [1.54, 1.807) is 6.92 Å². The SMILES string of the molecule is CCOC(=O)C(C#N)(CCCCN(CC)CC)c1ccccc1. The molecule has 0 amide bonds. The monoisotopic (exact) mass is 316 g/mol. The molecule has 0 radical (unpaired) electrons. The zero-order chi connectivity index (χ0) is 17.1. The van der Waals surface area contributed by atoms with Gasteiger partial charge in [-0.3, -0.25) is 0 Å². The van der Waals surface area contributed by atoms with Crippen molar-refractivity contribution in [2.75, 3.05) is 26.2 Å². The molecule has 1 atom stereocenters. The molecular formula is C19H28N2O2. The van der Waals surface area contributed by atoms with Crippen LogP contribution in [0.1, 0.15) is 45.6 Å². The maximum atomic E-state index is 12.5. The number of nitriles is 1. The van der Waals surface area contributed by atoms with Crippen LogP contribution in [0.5, 0.6) is 0 Å². The fraction of sp³-hybridized carbons (Fsp3) is 0.579. The second kappa shape index (κ2) is 10.0. The highest BCUT2D eigenvalue weighted by molar-refractivity contribution is 5.86. The van der Waals surface area contributed by atoms with Crippen molar-refractivity contribution >= 4 is 5.97 Å². The number of esters is 1. The van der Waals surface area contributed by atoms with Gasteiger partial charge < -0.3 is 9.64 Å². The third-order valence-electron chi connectivity index (χ3n) is 4.25. The molecule has 0 aliphatic heterocycles. The van der Waals surface area contributed by atoms with Gasteiger partial charge in [0.05, 0.1) is 12.7 Å². The number of carbonyl (C=O) groups excluding carboxylic acids is 1. The molecule has 0 aromatic heterocycles. The summed E-state index contributed by atoms with van der Waals surface area (Å²) in [6.45, 7) is 9.39. The second-order valence-corrected chi connectivity index (χ2v) is 5.59. The van der Waals surface area contributed by atoms with Gasteiger partial charge in [0, 0.05) is 0 Å². The van der Waals surface area contributed by atoms with E-state index in [0.29, 0.717) is 6.42 Å². The Balaban J connectivity index is 2.84. The number of nitrogens with zero attached hydrogens (tertiary/aromatic N) is 2. The third kappa shape index (κ3) is 5.07. The van der Waals surface area contributed by atoms with E-state index in [1.165, 1.54) is 0 Å². The van der Waals surface area contributed by atoms with Gasteiger partial charge in [-0.05, 0) is 51.4 Å².